The first kappa shape index (κ1) is 15.7. The van der Waals surface area contributed by atoms with Crippen molar-refractivity contribution in [3.8, 4) is 11.5 Å². The summed E-state index contributed by atoms with van der Waals surface area (Å²) >= 11 is 0. The number of aromatic hydroxyl groups is 2. The van der Waals surface area contributed by atoms with E-state index < -0.39 is 5.41 Å². The smallest absolute Gasteiger partial charge is 0.115 e. The molecule has 0 aliphatic heterocycles. The van der Waals surface area contributed by atoms with Gasteiger partial charge >= 0.3 is 0 Å². The van der Waals surface area contributed by atoms with Gasteiger partial charge in [0.05, 0.1) is 5.41 Å². The second kappa shape index (κ2) is 5.75. The molecule has 3 aromatic carbocycles. The van der Waals surface area contributed by atoms with Gasteiger partial charge in [-0.25, -0.2) is 0 Å². The Balaban J connectivity index is 1.91. The van der Waals surface area contributed by atoms with Crippen LogP contribution in [0, 0.1) is 0 Å². The summed E-state index contributed by atoms with van der Waals surface area (Å²) in [5.41, 5.74) is 4.09. The van der Waals surface area contributed by atoms with Gasteiger partial charge < -0.3 is 10.2 Å². The molecule has 0 heterocycles. The predicted molar refractivity (Wildman–Crippen MR) is 108 cm³/mol. The number of fused-ring (bicyclic) bond motifs is 2. The Bertz CT molecular complexity index is 1170. The quantitative estimate of drug-likeness (QED) is 0.742. The summed E-state index contributed by atoms with van der Waals surface area (Å²) in [5.74, 6) is 0.497. The van der Waals surface area contributed by atoms with E-state index in [0.717, 1.165) is 11.1 Å². The van der Waals surface area contributed by atoms with Gasteiger partial charge in [0.25, 0.3) is 0 Å². The number of phenolic OH excluding ortho intramolecular Hbond substituents is 2. The maximum absolute atomic E-state index is 9.82. The van der Waals surface area contributed by atoms with Crippen molar-refractivity contribution in [1.82, 2.24) is 0 Å². The molecule has 0 unspecified atom stereocenters. The van der Waals surface area contributed by atoms with Gasteiger partial charge in [-0.1, -0.05) is 66.8 Å². The fourth-order valence-corrected chi connectivity index (χ4v) is 4.29. The van der Waals surface area contributed by atoms with E-state index in [1.54, 1.807) is 24.3 Å². The summed E-state index contributed by atoms with van der Waals surface area (Å²) in [6.45, 7) is 0. The lowest BCUT2D eigenvalue weighted by Crippen LogP contribution is -2.34. The molecule has 0 saturated heterocycles. The number of hydrogen-bond acceptors (Lipinski definition) is 2. The van der Waals surface area contributed by atoms with Gasteiger partial charge in [-0.15, -0.1) is 0 Å². The summed E-state index contributed by atoms with van der Waals surface area (Å²) in [7, 11) is 0. The summed E-state index contributed by atoms with van der Waals surface area (Å²) in [6.07, 6.45) is 8.68. The van der Waals surface area contributed by atoms with Crippen LogP contribution in [0.1, 0.15) is 11.1 Å². The number of benzene rings is 3. The summed E-state index contributed by atoms with van der Waals surface area (Å²) in [6, 6.07) is 23.3. The Labute approximate surface area is 157 Å². The van der Waals surface area contributed by atoms with E-state index >= 15 is 0 Å². The molecule has 0 bridgehead atoms. The molecule has 27 heavy (non-hydrogen) atoms. The first-order valence-electron chi connectivity index (χ1n) is 8.99. The molecule has 2 nitrogen and oxygen atoms in total. The first-order valence-corrected chi connectivity index (χ1v) is 8.99. The van der Waals surface area contributed by atoms with E-state index in [9.17, 15) is 10.2 Å². The van der Waals surface area contributed by atoms with Crippen molar-refractivity contribution in [2.45, 2.75) is 5.41 Å². The molecule has 2 aliphatic rings. The highest BCUT2D eigenvalue weighted by atomic mass is 16.3. The van der Waals surface area contributed by atoms with Crippen LogP contribution < -0.4 is 10.4 Å². The Morgan fingerprint density at radius 3 is 1.89 bits per heavy atom. The van der Waals surface area contributed by atoms with Crippen LogP contribution in [0.4, 0.5) is 0 Å². The van der Waals surface area contributed by atoms with E-state index in [1.807, 2.05) is 24.3 Å². The molecular formula is C25H18O2. The molecule has 3 aromatic rings. The van der Waals surface area contributed by atoms with Crippen LogP contribution in [0.3, 0.4) is 0 Å². The fourth-order valence-electron chi connectivity index (χ4n) is 4.29. The van der Waals surface area contributed by atoms with Crippen LogP contribution >= 0.6 is 0 Å². The lowest BCUT2D eigenvalue weighted by atomic mass is 9.65. The highest BCUT2D eigenvalue weighted by molar-refractivity contribution is 5.93. The molecule has 0 saturated carbocycles. The zero-order valence-corrected chi connectivity index (χ0v) is 14.6. The van der Waals surface area contributed by atoms with Crippen LogP contribution in [0.2, 0.25) is 0 Å². The topological polar surface area (TPSA) is 40.5 Å². The molecule has 5 rings (SSSR count). The van der Waals surface area contributed by atoms with E-state index in [-0.39, 0.29) is 11.5 Å². The average Bonchev–Trinajstić information content (AvgIpc) is 3.08. The fraction of sp³-hybridized carbons (Fsp3) is 0.0400. The molecule has 0 fully saturated rings. The highest BCUT2D eigenvalue weighted by Gasteiger charge is 2.40. The normalized spacial score (nSPS) is 16.3. The monoisotopic (exact) mass is 350 g/mol. The van der Waals surface area contributed by atoms with E-state index in [1.165, 1.54) is 21.6 Å². The minimum atomic E-state index is -0.491. The van der Waals surface area contributed by atoms with Crippen molar-refractivity contribution in [3.63, 3.8) is 0 Å². The lowest BCUT2D eigenvalue weighted by Gasteiger charge is -2.37. The molecule has 0 amide bonds. The van der Waals surface area contributed by atoms with Crippen molar-refractivity contribution in [2.24, 2.45) is 0 Å². The van der Waals surface area contributed by atoms with E-state index in [0.29, 0.717) is 0 Å². The lowest BCUT2D eigenvalue weighted by molar-refractivity contribution is 0.475. The summed E-state index contributed by atoms with van der Waals surface area (Å²) in [4.78, 5) is 0. The Kier molecular flexibility index (Phi) is 3.34. The summed E-state index contributed by atoms with van der Waals surface area (Å²) < 4.78 is 0. The molecule has 2 heteroatoms. The number of rotatable bonds is 2. The highest BCUT2D eigenvalue weighted by Crippen LogP contribution is 2.47. The maximum atomic E-state index is 9.82. The Hall–Kier alpha value is -3.52. The molecular weight excluding hydrogens is 332 g/mol. The van der Waals surface area contributed by atoms with Gasteiger partial charge in [0.2, 0.25) is 0 Å². The Morgan fingerprint density at radius 1 is 0.667 bits per heavy atom. The van der Waals surface area contributed by atoms with Gasteiger partial charge in [0.15, 0.2) is 0 Å². The third-order valence-corrected chi connectivity index (χ3v) is 5.49. The molecule has 0 atom stereocenters. The van der Waals surface area contributed by atoms with Crippen LogP contribution in [0.25, 0.3) is 11.6 Å². The van der Waals surface area contributed by atoms with Crippen molar-refractivity contribution < 1.29 is 10.2 Å². The second-order valence-electron chi connectivity index (χ2n) is 6.99. The number of hydrogen-bond donors (Lipinski definition) is 2. The van der Waals surface area contributed by atoms with E-state index in [2.05, 4.69) is 48.6 Å². The third kappa shape index (κ3) is 2.27. The first-order chi connectivity index (χ1) is 13.2. The molecule has 2 N–H and O–H groups in total. The minimum absolute atomic E-state index is 0.249. The third-order valence-electron chi connectivity index (χ3n) is 5.49. The molecule has 0 radical (unpaired) electrons. The van der Waals surface area contributed by atoms with Gasteiger partial charge in [0, 0.05) is 0 Å². The number of phenols is 2. The van der Waals surface area contributed by atoms with Crippen LogP contribution in [-0.2, 0) is 5.41 Å². The minimum Gasteiger partial charge on any atom is -0.508 e. The average molecular weight is 350 g/mol. The van der Waals surface area contributed by atoms with Gasteiger partial charge in [-0.05, 0) is 63.1 Å². The largest absolute Gasteiger partial charge is 0.508 e. The van der Waals surface area contributed by atoms with Crippen molar-refractivity contribution in [1.29, 1.82) is 0 Å². The molecule has 130 valence electrons. The predicted octanol–water partition coefficient (Wildman–Crippen LogP) is 3.53. The van der Waals surface area contributed by atoms with E-state index in [4.69, 9.17) is 0 Å². The van der Waals surface area contributed by atoms with Gasteiger partial charge in [-0.2, -0.15) is 0 Å². The summed E-state index contributed by atoms with van der Waals surface area (Å²) in [5, 5.41) is 22.1. The van der Waals surface area contributed by atoms with Crippen molar-refractivity contribution in [2.75, 3.05) is 0 Å². The SMILES string of the molecule is Oc1ccc(C2(c3ccc(O)cc3)C=CC=C3C=c4ccccc4=C32)cc1. The molecule has 0 spiro atoms. The van der Waals surface area contributed by atoms with Gasteiger partial charge in [0.1, 0.15) is 11.5 Å². The Morgan fingerprint density at radius 2 is 1.26 bits per heavy atom. The maximum Gasteiger partial charge on any atom is 0.115 e. The van der Waals surface area contributed by atoms with Crippen LogP contribution in [-0.4, -0.2) is 10.2 Å². The second-order valence-corrected chi connectivity index (χ2v) is 6.99. The van der Waals surface area contributed by atoms with Crippen molar-refractivity contribution >= 4 is 11.6 Å². The zero-order valence-electron chi connectivity index (χ0n) is 14.6. The van der Waals surface area contributed by atoms with Gasteiger partial charge in [-0.3, -0.25) is 0 Å². The number of allylic oxidation sites excluding steroid dienone is 4. The van der Waals surface area contributed by atoms with Crippen LogP contribution in [0.5, 0.6) is 11.5 Å². The van der Waals surface area contributed by atoms with Crippen molar-refractivity contribution in [3.05, 3.63) is 118 Å². The molecule has 0 aromatic heterocycles. The standard InChI is InChI=1S/C25H18O2/c26-21-11-7-19(8-12-21)25(20-9-13-22(27)14-10-20)15-3-5-18-16-17-4-1-2-6-23(17)24(18)25/h1-16,26-27H. The van der Waals surface area contributed by atoms with Crippen LogP contribution in [0.15, 0.2) is 96.6 Å². The zero-order chi connectivity index (χ0) is 18.4. The molecule has 2 aliphatic carbocycles.